The van der Waals surface area contributed by atoms with E-state index >= 15 is 0 Å². The third-order valence-electron chi connectivity index (χ3n) is 2.99. The van der Waals surface area contributed by atoms with Crippen LogP contribution < -0.4 is 4.74 Å². The Hall–Kier alpha value is -1.03. The van der Waals surface area contributed by atoms with E-state index in [0.29, 0.717) is 29.1 Å². The predicted octanol–water partition coefficient (Wildman–Crippen LogP) is 3.64. The van der Waals surface area contributed by atoms with Crippen LogP contribution in [-0.2, 0) is 9.84 Å². The third-order valence-corrected chi connectivity index (χ3v) is 4.10. The summed E-state index contributed by atoms with van der Waals surface area (Å²) in [6.07, 6.45) is 2.14. The summed E-state index contributed by atoms with van der Waals surface area (Å²) in [5.41, 5.74) is 1.01. The van der Waals surface area contributed by atoms with E-state index in [1.54, 1.807) is 12.1 Å². The van der Waals surface area contributed by atoms with Gasteiger partial charge in [-0.3, -0.25) is 0 Å². The lowest BCUT2D eigenvalue weighted by Gasteiger charge is -2.14. The molecule has 0 saturated carbocycles. The standard InChI is InChI=1S/C15H24O3S/c1-11(2)8-9-18-14-7-6-13(12(3)4)10-15(14)19(5,16)17/h6-7,10-12H,8-9H2,1-5H3. The molecule has 0 bridgehead atoms. The molecule has 0 saturated heterocycles. The summed E-state index contributed by atoms with van der Waals surface area (Å²) in [4.78, 5) is 0.294. The van der Waals surface area contributed by atoms with Gasteiger partial charge in [0.1, 0.15) is 10.6 Å². The van der Waals surface area contributed by atoms with Crippen LogP contribution in [0.4, 0.5) is 0 Å². The summed E-state index contributed by atoms with van der Waals surface area (Å²) in [5, 5.41) is 0. The van der Waals surface area contributed by atoms with Crippen LogP contribution in [0.2, 0.25) is 0 Å². The zero-order valence-corrected chi connectivity index (χ0v) is 13.3. The molecule has 1 rings (SSSR count). The molecule has 0 fully saturated rings. The van der Waals surface area contributed by atoms with E-state index in [1.807, 2.05) is 19.9 Å². The van der Waals surface area contributed by atoms with E-state index in [4.69, 9.17) is 4.74 Å². The Bertz CT molecular complexity index is 516. The molecule has 0 amide bonds. The fraction of sp³-hybridized carbons (Fsp3) is 0.600. The minimum Gasteiger partial charge on any atom is -0.492 e. The first-order valence-electron chi connectivity index (χ1n) is 6.68. The Labute approximate surface area is 116 Å². The highest BCUT2D eigenvalue weighted by molar-refractivity contribution is 7.90. The maximum atomic E-state index is 11.8. The van der Waals surface area contributed by atoms with Crippen LogP contribution in [0.3, 0.4) is 0 Å². The second-order valence-electron chi connectivity index (χ2n) is 5.66. The van der Waals surface area contributed by atoms with Gasteiger partial charge in [0.15, 0.2) is 9.84 Å². The lowest BCUT2D eigenvalue weighted by Crippen LogP contribution is -2.07. The van der Waals surface area contributed by atoms with E-state index in [1.165, 1.54) is 6.26 Å². The second kappa shape index (κ2) is 6.42. The molecule has 0 heterocycles. The Kier molecular flexibility index (Phi) is 5.41. The molecule has 1 aromatic carbocycles. The molecule has 0 aliphatic rings. The van der Waals surface area contributed by atoms with Crippen molar-refractivity contribution >= 4 is 9.84 Å². The van der Waals surface area contributed by atoms with Crippen LogP contribution in [0.5, 0.6) is 5.75 Å². The lowest BCUT2D eigenvalue weighted by molar-refractivity contribution is 0.282. The van der Waals surface area contributed by atoms with Gasteiger partial charge in [-0.05, 0) is 36.0 Å². The average molecular weight is 284 g/mol. The molecule has 0 atom stereocenters. The maximum Gasteiger partial charge on any atom is 0.179 e. The lowest BCUT2D eigenvalue weighted by atomic mass is 10.0. The van der Waals surface area contributed by atoms with Crippen molar-refractivity contribution in [3.05, 3.63) is 23.8 Å². The third kappa shape index (κ3) is 4.86. The minimum atomic E-state index is -3.27. The van der Waals surface area contributed by atoms with Crippen molar-refractivity contribution in [2.24, 2.45) is 5.92 Å². The van der Waals surface area contributed by atoms with Crippen LogP contribution in [-0.4, -0.2) is 21.3 Å². The highest BCUT2D eigenvalue weighted by atomic mass is 32.2. The molecule has 0 unspecified atom stereocenters. The predicted molar refractivity (Wildman–Crippen MR) is 78.6 cm³/mol. The Balaban J connectivity index is 3.03. The van der Waals surface area contributed by atoms with Crippen molar-refractivity contribution in [2.75, 3.05) is 12.9 Å². The first-order chi connectivity index (χ1) is 8.71. The van der Waals surface area contributed by atoms with Gasteiger partial charge in [0.2, 0.25) is 0 Å². The fourth-order valence-corrected chi connectivity index (χ4v) is 2.54. The van der Waals surface area contributed by atoms with Crippen molar-refractivity contribution in [1.29, 1.82) is 0 Å². The highest BCUT2D eigenvalue weighted by Crippen LogP contribution is 2.28. The van der Waals surface area contributed by atoms with Gasteiger partial charge in [-0.15, -0.1) is 0 Å². The van der Waals surface area contributed by atoms with E-state index in [0.717, 1.165) is 12.0 Å². The molecule has 3 nitrogen and oxygen atoms in total. The summed E-state index contributed by atoms with van der Waals surface area (Å²) < 4.78 is 29.3. The van der Waals surface area contributed by atoms with Crippen LogP contribution >= 0.6 is 0 Å². The van der Waals surface area contributed by atoms with E-state index in [9.17, 15) is 8.42 Å². The van der Waals surface area contributed by atoms with Gasteiger partial charge in [0.05, 0.1) is 6.61 Å². The molecule has 1 aromatic rings. The monoisotopic (exact) mass is 284 g/mol. The summed E-state index contributed by atoms with van der Waals surface area (Å²) in [6, 6.07) is 5.43. The van der Waals surface area contributed by atoms with E-state index in [-0.39, 0.29) is 0 Å². The molecule has 4 heteroatoms. The van der Waals surface area contributed by atoms with Crippen molar-refractivity contribution < 1.29 is 13.2 Å². The van der Waals surface area contributed by atoms with Crippen LogP contribution in [0.1, 0.15) is 45.6 Å². The maximum absolute atomic E-state index is 11.8. The summed E-state index contributed by atoms with van der Waals surface area (Å²) >= 11 is 0. The van der Waals surface area contributed by atoms with Gasteiger partial charge in [0, 0.05) is 6.26 Å². The number of hydrogen-bond donors (Lipinski definition) is 0. The number of hydrogen-bond acceptors (Lipinski definition) is 3. The number of ether oxygens (including phenoxy) is 1. The Morgan fingerprint density at radius 2 is 1.79 bits per heavy atom. The molecule has 108 valence electrons. The van der Waals surface area contributed by atoms with Gasteiger partial charge in [-0.1, -0.05) is 33.8 Å². The number of benzene rings is 1. The molecule has 0 N–H and O–H groups in total. The van der Waals surface area contributed by atoms with Crippen LogP contribution in [0, 0.1) is 5.92 Å². The molecular weight excluding hydrogens is 260 g/mol. The molecule has 0 aromatic heterocycles. The van der Waals surface area contributed by atoms with Crippen molar-refractivity contribution in [2.45, 2.75) is 44.9 Å². The number of sulfone groups is 1. The first-order valence-corrected chi connectivity index (χ1v) is 8.57. The largest absolute Gasteiger partial charge is 0.492 e. The highest BCUT2D eigenvalue weighted by Gasteiger charge is 2.16. The zero-order chi connectivity index (χ0) is 14.6. The van der Waals surface area contributed by atoms with Crippen LogP contribution in [0.15, 0.2) is 23.1 Å². The second-order valence-corrected chi connectivity index (χ2v) is 7.65. The van der Waals surface area contributed by atoms with Gasteiger partial charge < -0.3 is 4.74 Å². The van der Waals surface area contributed by atoms with Crippen LogP contribution in [0.25, 0.3) is 0 Å². The smallest absolute Gasteiger partial charge is 0.179 e. The van der Waals surface area contributed by atoms with Crippen molar-refractivity contribution in [3.8, 4) is 5.75 Å². The quantitative estimate of drug-likeness (QED) is 0.801. The normalized spacial score (nSPS) is 12.2. The topological polar surface area (TPSA) is 43.4 Å². The van der Waals surface area contributed by atoms with Gasteiger partial charge >= 0.3 is 0 Å². The summed E-state index contributed by atoms with van der Waals surface area (Å²) in [6.45, 7) is 8.86. The van der Waals surface area contributed by atoms with Crippen molar-refractivity contribution in [3.63, 3.8) is 0 Å². The Morgan fingerprint density at radius 3 is 2.26 bits per heavy atom. The molecule has 0 aliphatic carbocycles. The SMILES string of the molecule is CC(C)CCOc1ccc(C(C)C)cc1S(C)(=O)=O. The summed E-state index contributed by atoms with van der Waals surface area (Å²) in [7, 11) is -3.27. The molecule has 0 aliphatic heterocycles. The zero-order valence-electron chi connectivity index (χ0n) is 12.4. The van der Waals surface area contributed by atoms with E-state index < -0.39 is 9.84 Å². The Morgan fingerprint density at radius 1 is 1.16 bits per heavy atom. The van der Waals surface area contributed by atoms with Gasteiger partial charge in [0.25, 0.3) is 0 Å². The number of rotatable bonds is 6. The first kappa shape index (κ1) is 16.0. The molecule has 19 heavy (non-hydrogen) atoms. The minimum absolute atomic E-state index is 0.294. The van der Waals surface area contributed by atoms with Gasteiger partial charge in [-0.25, -0.2) is 8.42 Å². The van der Waals surface area contributed by atoms with Crippen molar-refractivity contribution in [1.82, 2.24) is 0 Å². The fourth-order valence-electron chi connectivity index (χ4n) is 1.70. The molecule has 0 radical (unpaired) electrons. The van der Waals surface area contributed by atoms with E-state index in [2.05, 4.69) is 13.8 Å². The molecule has 0 spiro atoms. The summed E-state index contributed by atoms with van der Waals surface area (Å²) in [5.74, 6) is 1.30. The average Bonchev–Trinajstić information content (AvgIpc) is 2.27. The molecular formula is C15H24O3S. The van der Waals surface area contributed by atoms with Gasteiger partial charge in [-0.2, -0.15) is 0 Å².